The molecule has 108 valence electrons. The Morgan fingerprint density at radius 1 is 1.45 bits per heavy atom. The van der Waals surface area contributed by atoms with E-state index in [1.807, 2.05) is 0 Å². The third-order valence-corrected chi connectivity index (χ3v) is 2.99. The van der Waals surface area contributed by atoms with E-state index >= 15 is 0 Å². The fraction of sp³-hybridized carbons (Fsp3) is 0.385. The summed E-state index contributed by atoms with van der Waals surface area (Å²) < 4.78 is 9.79. The topological polar surface area (TPSA) is 102 Å². The summed E-state index contributed by atoms with van der Waals surface area (Å²) >= 11 is 0. The lowest BCUT2D eigenvalue weighted by atomic mass is 10.1. The van der Waals surface area contributed by atoms with Gasteiger partial charge in [0.1, 0.15) is 12.7 Å². The van der Waals surface area contributed by atoms with Crippen molar-refractivity contribution in [3.63, 3.8) is 0 Å². The van der Waals surface area contributed by atoms with Crippen LogP contribution in [0.15, 0.2) is 24.3 Å². The van der Waals surface area contributed by atoms with Crippen LogP contribution in [-0.4, -0.2) is 37.1 Å². The lowest BCUT2D eigenvalue weighted by molar-refractivity contribution is 0.0877. The van der Waals surface area contributed by atoms with E-state index in [0.717, 1.165) is 0 Å². The number of rotatable bonds is 5. The maximum Gasteiger partial charge on any atom is 0.414 e. The van der Waals surface area contributed by atoms with Crippen LogP contribution in [0.25, 0.3) is 0 Å². The Morgan fingerprint density at radius 3 is 2.65 bits per heavy atom. The number of benzene rings is 1. The Bertz CT molecular complexity index is 488. The Balaban J connectivity index is 2.13. The van der Waals surface area contributed by atoms with Crippen LogP contribution in [0.3, 0.4) is 0 Å². The first kappa shape index (κ1) is 14.1. The Kier molecular flexibility index (Phi) is 4.41. The van der Waals surface area contributed by atoms with Crippen molar-refractivity contribution in [2.75, 3.05) is 24.7 Å². The number of nitrogens with zero attached hydrogens (tertiary/aromatic N) is 1. The fourth-order valence-electron chi connectivity index (χ4n) is 2.05. The minimum Gasteiger partial charge on any atom is -0.447 e. The Morgan fingerprint density at radius 2 is 2.15 bits per heavy atom. The Hall–Kier alpha value is -2.28. The molecule has 0 radical (unpaired) electrons. The van der Waals surface area contributed by atoms with Gasteiger partial charge in [0, 0.05) is 18.7 Å². The summed E-state index contributed by atoms with van der Waals surface area (Å²) in [4.78, 5) is 23.8. The number of carbonyl (C=O) groups is 2. The molecule has 0 aliphatic carbocycles. The highest BCUT2D eigenvalue weighted by Gasteiger charge is 2.24. The van der Waals surface area contributed by atoms with Gasteiger partial charge < -0.3 is 20.3 Å². The van der Waals surface area contributed by atoms with Gasteiger partial charge in [-0.25, -0.2) is 9.59 Å². The van der Waals surface area contributed by atoms with E-state index in [9.17, 15) is 9.59 Å². The fourth-order valence-corrected chi connectivity index (χ4v) is 2.05. The molecule has 0 bridgehead atoms. The molecule has 1 aliphatic rings. The zero-order chi connectivity index (χ0) is 14.5. The van der Waals surface area contributed by atoms with Gasteiger partial charge in [-0.1, -0.05) is 12.1 Å². The van der Waals surface area contributed by atoms with Gasteiger partial charge in [0.05, 0.1) is 6.54 Å². The van der Waals surface area contributed by atoms with Gasteiger partial charge >= 0.3 is 12.2 Å². The number of hydrogen-bond acceptors (Lipinski definition) is 5. The minimum atomic E-state index is -0.893. The smallest absolute Gasteiger partial charge is 0.414 e. The first-order valence-corrected chi connectivity index (χ1v) is 6.23. The number of carbonyl (C=O) groups excluding carboxylic acids is 2. The number of primary amides is 1. The summed E-state index contributed by atoms with van der Waals surface area (Å²) in [6.07, 6.45) is -1.61. The SMILES string of the molecule is NC(=O)O[C@H](CCO)c1ccc(N2CCOC2=O)cc1. The number of nitrogens with two attached hydrogens (primary N) is 1. The van der Waals surface area contributed by atoms with E-state index in [0.29, 0.717) is 24.4 Å². The van der Waals surface area contributed by atoms with Crippen LogP contribution in [0.5, 0.6) is 0 Å². The van der Waals surface area contributed by atoms with Crippen LogP contribution >= 0.6 is 0 Å². The van der Waals surface area contributed by atoms with Crippen LogP contribution < -0.4 is 10.6 Å². The summed E-state index contributed by atoms with van der Waals surface area (Å²) in [5, 5.41) is 8.97. The average Bonchev–Trinajstić information content (AvgIpc) is 2.84. The minimum absolute atomic E-state index is 0.127. The van der Waals surface area contributed by atoms with Crippen molar-refractivity contribution in [2.45, 2.75) is 12.5 Å². The normalized spacial score (nSPS) is 15.8. The second-order valence-corrected chi connectivity index (χ2v) is 4.30. The molecule has 1 heterocycles. The van der Waals surface area contributed by atoms with E-state index in [1.54, 1.807) is 24.3 Å². The molecule has 1 aromatic rings. The first-order chi connectivity index (χ1) is 9.61. The van der Waals surface area contributed by atoms with Crippen molar-refractivity contribution in [2.24, 2.45) is 5.73 Å². The largest absolute Gasteiger partial charge is 0.447 e. The van der Waals surface area contributed by atoms with Crippen molar-refractivity contribution < 1.29 is 24.2 Å². The molecule has 3 N–H and O–H groups in total. The van der Waals surface area contributed by atoms with Crippen LogP contribution in [-0.2, 0) is 9.47 Å². The highest BCUT2D eigenvalue weighted by molar-refractivity contribution is 5.89. The maximum absolute atomic E-state index is 11.4. The van der Waals surface area contributed by atoms with Gasteiger partial charge in [-0.05, 0) is 17.7 Å². The summed E-state index contributed by atoms with van der Waals surface area (Å²) in [5.74, 6) is 0. The molecule has 1 saturated heterocycles. The number of cyclic esters (lactones) is 1. The standard InChI is InChI=1S/C13H16N2O5/c14-12(17)20-11(5-7-16)9-1-3-10(4-2-9)15-6-8-19-13(15)18/h1-4,11,16H,5-8H2,(H2,14,17)/t11-/m1/s1. The molecule has 1 atom stereocenters. The van der Waals surface area contributed by atoms with E-state index in [2.05, 4.69) is 0 Å². The quantitative estimate of drug-likeness (QED) is 0.842. The molecule has 2 amide bonds. The number of aliphatic hydroxyl groups is 1. The van der Waals surface area contributed by atoms with Crippen molar-refractivity contribution in [3.8, 4) is 0 Å². The Labute approximate surface area is 115 Å². The number of ether oxygens (including phenoxy) is 2. The molecule has 7 nitrogen and oxygen atoms in total. The highest BCUT2D eigenvalue weighted by Crippen LogP contribution is 2.25. The van der Waals surface area contributed by atoms with Crippen molar-refractivity contribution >= 4 is 17.9 Å². The van der Waals surface area contributed by atoms with Crippen molar-refractivity contribution in [1.82, 2.24) is 0 Å². The second kappa shape index (κ2) is 6.25. The van der Waals surface area contributed by atoms with E-state index < -0.39 is 12.2 Å². The first-order valence-electron chi connectivity index (χ1n) is 6.23. The lowest BCUT2D eigenvalue weighted by Crippen LogP contribution is -2.23. The van der Waals surface area contributed by atoms with Crippen LogP contribution in [0.2, 0.25) is 0 Å². The molecule has 0 unspecified atom stereocenters. The van der Waals surface area contributed by atoms with Gasteiger partial charge in [0.15, 0.2) is 0 Å². The number of amides is 2. The molecule has 1 aromatic carbocycles. The summed E-state index contributed by atoms with van der Waals surface area (Å²) in [7, 11) is 0. The summed E-state index contributed by atoms with van der Waals surface area (Å²) in [6, 6.07) is 6.92. The highest BCUT2D eigenvalue weighted by atomic mass is 16.6. The predicted octanol–water partition coefficient (Wildman–Crippen LogP) is 1.16. The molecule has 1 fully saturated rings. The third kappa shape index (κ3) is 3.18. The second-order valence-electron chi connectivity index (χ2n) is 4.30. The molecular formula is C13H16N2O5. The number of anilines is 1. The van der Waals surface area contributed by atoms with Gasteiger partial charge in [-0.15, -0.1) is 0 Å². The van der Waals surface area contributed by atoms with E-state index in [-0.39, 0.29) is 19.1 Å². The van der Waals surface area contributed by atoms with Gasteiger partial charge in [0.25, 0.3) is 0 Å². The van der Waals surface area contributed by atoms with Crippen LogP contribution in [0, 0.1) is 0 Å². The monoisotopic (exact) mass is 280 g/mol. The van der Waals surface area contributed by atoms with Crippen molar-refractivity contribution in [1.29, 1.82) is 0 Å². The molecule has 0 aromatic heterocycles. The summed E-state index contributed by atoms with van der Waals surface area (Å²) in [6.45, 7) is 0.757. The van der Waals surface area contributed by atoms with E-state index in [4.69, 9.17) is 20.3 Å². The van der Waals surface area contributed by atoms with Gasteiger partial charge in [-0.3, -0.25) is 4.90 Å². The summed E-state index contributed by atoms with van der Waals surface area (Å²) in [5.41, 5.74) is 6.41. The van der Waals surface area contributed by atoms with Gasteiger partial charge in [-0.2, -0.15) is 0 Å². The molecule has 0 saturated carbocycles. The lowest BCUT2D eigenvalue weighted by Gasteiger charge is -2.18. The molecule has 20 heavy (non-hydrogen) atoms. The molecule has 0 spiro atoms. The van der Waals surface area contributed by atoms with Crippen LogP contribution in [0.1, 0.15) is 18.1 Å². The maximum atomic E-state index is 11.4. The number of aliphatic hydroxyl groups excluding tert-OH is 1. The van der Waals surface area contributed by atoms with Crippen LogP contribution in [0.4, 0.5) is 15.3 Å². The molecule has 1 aliphatic heterocycles. The van der Waals surface area contributed by atoms with Crippen molar-refractivity contribution in [3.05, 3.63) is 29.8 Å². The zero-order valence-electron chi connectivity index (χ0n) is 10.8. The average molecular weight is 280 g/mol. The molecular weight excluding hydrogens is 264 g/mol. The predicted molar refractivity (Wildman–Crippen MR) is 70.2 cm³/mol. The van der Waals surface area contributed by atoms with E-state index in [1.165, 1.54) is 4.90 Å². The molecule has 7 heteroatoms. The third-order valence-electron chi connectivity index (χ3n) is 2.99. The zero-order valence-corrected chi connectivity index (χ0v) is 10.8. The van der Waals surface area contributed by atoms with Gasteiger partial charge in [0.2, 0.25) is 0 Å². The molecule has 2 rings (SSSR count). The number of hydrogen-bond donors (Lipinski definition) is 2.